The molecule has 0 aliphatic carbocycles. The van der Waals surface area contributed by atoms with Gasteiger partial charge in [0.1, 0.15) is 0 Å². The van der Waals surface area contributed by atoms with E-state index in [0.717, 1.165) is 16.9 Å². The Morgan fingerprint density at radius 3 is 2.32 bits per heavy atom. The lowest BCUT2D eigenvalue weighted by Crippen LogP contribution is -2.62. The summed E-state index contributed by atoms with van der Waals surface area (Å²) in [5.41, 5.74) is 1.06. The number of hydrogen-bond acceptors (Lipinski definition) is 5. The van der Waals surface area contributed by atoms with Gasteiger partial charge in [0, 0.05) is 13.1 Å². The van der Waals surface area contributed by atoms with Crippen molar-refractivity contribution in [2.75, 3.05) is 19.7 Å². The Hall–Kier alpha value is -1.93. The highest BCUT2D eigenvalue weighted by Crippen LogP contribution is 2.26. The van der Waals surface area contributed by atoms with Crippen molar-refractivity contribution in [2.24, 2.45) is 0 Å². The van der Waals surface area contributed by atoms with Gasteiger partial charge >= 0.3 is 6.09 Å². The lowest BCUT2D eigenvalue weighted by molar-refractivity contribution is -0.128. The summed E-state index contributed by atoms with van der Waals surface area (Å²) < 4.78 is 30.8. The van der Waals surface area contributed by atoms with Crippen molar-refractivity contribution >= 4 is 22.0 Å². The van der Waals surface area contributed by atoms with Crippen LogP contribution >= 0.6 is 0 Å². The van der Waals surface area contributed by atoms with Crippen LogP contribution < -0.4 is 0 Å². The molecule has 0 spiro atoms. The van der Waals surface area contributed by atoms with Gasteiger partial charge in [0.2, 0.25) is 10.0 Å². The van der Waals surface area contributed by atoms with E-state index >= 15 is 0 Å². The molecule has 2 fully saturated rings. The third kappa shape index (κ3) is 2.38. The average molecular weight is 324 g/mol. The van der Waals surface area contributed by atoms with Crippen LogP contribution in [-0.4, -0.2) is 55.4 Å². The number of imide groups is 1. The van der Waals surface area contributed by atoms with Gasteiger partial charge < -0.3 is 4.74 Å². The molecule has 0 saturated carbocycles. The lowest BCUT2D eigenvalue weighted by Gasteiger charge is -2.40. The second kappa shape index (κ2) is 5.36. The number of hydrogen-bond donors (Lipinski definition) is 0. The predicted octanol–water partition coefficient (Wildman–Crippen LogP) is 0.601. The maximum absolute atomic E-state index is 12.4. The topological polar surface area (TPSA) is 84.0 Å². The van der Waals surface area contributed by atoms with E-state index in [1.54, 1.807) is 24.3 Å². The summed E-state index contributed by atoms with van der Waals surface area (Å²) in [6.45, 7) is 1.95. The predicted molar refractivity (Wildman–Crippen MR) is 76.6 cm³/mol. The first-order valence-electron chi connectivity index (χ1n) is 7.01. The third-order valence-electron chi connectivity index (χ3n) is 3.95. The van der Waals surface area contributed by atoms with E-state index in [2.05, 4.69) is 4.74 Å². The minimum absolute atomic E-state index is 0.110. The number of benzene rings is 1. The minimum Gasteiger partial charge on any atom is -0.439 e. The van der Waals surface area contributed by atoms with Crippen LogP contribution in [0.15, 0.2) is 29.2 Å². The van der Waals surface area contributed by atoms with Gasteiger partial charge in [-0.3, -0.25) is 4.79 Å². The van der Waals surface area contributed by atoms with Crippen LogP contribution in [0.2, 0.25) is 0 Å². The van der Waals surface area contributed by atoms with Crippen molar-refractivity contribution in [2.45, 2.75) is 24.3 Å². The molecule has 0 unspecified atom stereocenters. The number of sulfonamides is 1. The Morgan fingerprint density at radius 1 is 1.18 bits per heavy atom. The van der Waals surface area contributed by atoms with Crippen LogP contribution in [-0.2, 0) is 26.0 Å². The van der Waals surface area contributed by atoms with E-state index in [4.69, 9.17) is 0 Å². The molecule has 2 heterocycles. The van der Waals surface area contributed by atoms with Gasteiger partial charge in [0.15, 0.2) is 6.61 Å². The molecule has 2 amide bonds. The molecule has 0 N–H and O–H groups in total. The van der Waals surface area contributed by atoms with E-state index in [1.165, 1.54) is 4.31 Å². The number of carbonyl (C=O) groups excluding carboxylic acids is 2. The highest BCUT2D eigenvalue weighted by molar-refractivity contribution is 7.89. The van der Waals surface area contributed by atoms with E-state index in [9.17, 15) is 18.0 Å². The first-order valence-corrected chi connectivity index (χ1v) is 8.45. The minimum atomic E-state index is -3.58. The first kappa shape index (κ1) is 15.0. The van der Waals surface area contributed by atoms with Crippen LogP contribution in [0.5, 0.6) is 0 Å². The summed E-state index contributed by atoms with van der Waals surface area (Å²) in [5.74, 6) is -0.417. The lowest BCUT2D eigenvalue weighted by atomic mass is 10.1. The van der Waals surface area contributed by atoms with Gasteiger partial charge in [-0.2, -0.15) is 4.31 Å². The molecule has 0 radical (unpaired) electrons. The van der Waals surface area contributed by atoms with Crippen molar-refractivity contribution in [3.05, 3.63) is 29.8 Å². The van der Waals surface area contributed by atoms with Crippen molar-refractivity contribution in [3.8, 4) is 0 Å². The molecule has 0 aromatic heterocycles. The van der Waals surface area contributed by atoms with Crippen molar-refractivity contribution in [1.82, 2.24) is 9.21 Å². The van der Waals surface area contributed by atoms with Crippen LogP contribution in [0.3, 0.4) is 0 Å². The van der Waals surface area contributed by atoms with Gasteiger partial charge in [0.05, 0.1) is 10.9 Å². The zero-order chi connectivity index (χ0) is 15.9. The molecule has 7 nitrogen and oxygen atoms in total. The van der Waals surface area contributed by atoms with E-state index in [0.29, 0.717) is 0 Å². The highest BCUT2D eigenvalue weighted by Gasteiger charge is 2.46. The van der Waals surface area contributed by atoms with Crippen molar-refractivity contribution in [3.63, 3.8) is 0 Å². The Morgan fingerprint density at radius 2 is 1.82 bits per heavy atom. The quantitative estimate of drug-likeness (QED) is 0.810. The van der Waals surface area contributed by atoms with E-state index in [1.807, 2.05) is 6.92 Å². The first-order chi connectivity index (χ1) is 10.4. The smallest absolute Gasteiger partial charge is 0.417 e. The summed E-state index contributed by atoms with van der Waals surface area (Å²) in [4.78, 5) is 24.2. The molecule has 0 atom stereocenters. The Balaban J connectivity index is 1.70. The monoisotopic (exact) mass is 324 g/mol. The summed E-state index contributed by atoms with van der Waals surface area (Å²) in [5, 5.41) is 0. The zero-order valence-corrected chi connectivity index (χ0v) is 12.9. The molecule has 2 saturated heterocycles. The summed E-state index contributed by atoms with van der Waals surface area (Å²) in [6.07, 6.45) is 0.144. The standard InChI is InChI=1S/C14H16N2O5S/c1-2-10-3-5-12(6-4-10)22(19,20)15-7-11(8-15)16-13(17)9-21-14(16)18/h3-6,11H,2,7-9H2,1H3. The third-order valence-corrected chi connectivity index (χ3v) is 5.79. The summed E-state index contributed by atoms with van der Waals surface area (Å²) in [7, 11) is -3.58. The van der Waals surface area contributed by atoms with Crippen LogP contribution in [0, 0.1) is 0 Å². The van der Waals surface area contributed by atoms with Gasteiger partial charge in [0.25, 0.3) is 5.91 Å². The molecule has 3 rings (SSSR count). The molecule has 0 bridgehead atoms. The van der Waals surface area contributed by atoms with Gasteiger partial charge in [-0.05, 0) is 24.1 Å². The number of carbonyl (C=O) groups is 2. The van der Waals surface area contributed by atoms with Gasteiger partial charge in [-0.1, -0.05) is 19.1 Å². The number of nitrogens with zero attached hydrogens (tertiary/aromatic N) is 2. The molecular weight excluding hydrogens is 308 g/mol. The summed E-state index contributed by atoms with van der Waals surface area (Å²) >= 11 is 0. The Labute approximate surface area is 128 Å². The second-order valence-corrected chi connectivity index (χ2v) is 7.23. The number of amides is 2. The highest BCUT2D eigenvalue weighted by atomic mass is 32.2. The SMILES string of the molecule is CCc1ccc(S(=O)(=O)N2CC(N3C(=O)COC3=O)C2)cc1. The van der Waals surface area contributed by atoms with E-state index in [-0.39, 0.29) is 24.6 Å². The zero-order valence-electron chi connectivity index (χ0n) is 12.1. The van der Waals surface area contributed by atoms with Crippen molar-refractivity contribution < 1.29 is 22.7 Å². The molecule has 1 aromatic rings. The second-order valence-electron chi connectivity index (χ2n) is 5.29. The largest absolute Gasteiger partial charge is 0.439 e. The van der Waals surface area contributed by atoms with Crippen LogP contribution in [0.4, 0.5) is 4.79 Å². The number of aryl methyl sites for hydroxylation is 1. The van der Waals surface area contributed by atoms with Crippen LogP contribution in [0.25, 0.3) is 0 Å². The van der Waals surface area contributed by atoms with Crippen LogP contribution in [0.1, 0.15) is 12.5 Å². The fraction of sp³-hybridized carbons (Fsp3) is 0.429. The summed E-state index contributed by atoms with van der Waals surface area (Å²) in [6, 6.07) is 6.29. The van der Waals surface area contributed by atoms with E-state index < -0.39 is 28.1 Å². The molecule has 2 aliphatic rings. The molecule has 1 aromatic carbocycles. The molecule has 118 valence electrons. The normalized spacial score (nSPS) is 20.1. The van der Waals surface area contributed by atoms with Gasteiger partial charge in [-0.25, -0.2) is 18.1 Å². The average Bonchev–Trinajstić information content (AvgIpc) is 2.78. The molecule has 22 heavy (non-hydrogen) atoms. The Bertz CT molecular complexity index is 691. The molecule has 8 heteroatoms. The van der Waals surface area contributed by atoms with Crippen molar-refractivity contribution in [1.29, 1.82) is 0 Å². The Kier molecular flexibility index (Phi) is 3.65. The fourth-order valence-electron chi connectivity index (χ4n) is 2.54. The molecular formula is C14H16N2O5S. The fourth-order valence-corrected chi connectivity index (χ4v) is 4.05. The molecule has 2 aliphatic heterocycles. The number of rotatable bonds is 4. The maximum Gasteiger partial charge on any atom is 0.417 e. The van der Waals surface area contributed by atoms with Gasteiger partial charge in [-0.15, -0.1) is 0 Å². The number of cyclic esters (lactones) is 1. The maximum atomic E-state index is 12.4. The number of ether oxygens (including phenoxy) is 1.